The Kier molecular flexibility index (Phi) is 6.59. The van der Waals surface area contributed by atoms with Gasteiger partial charge < -0.3 is 15.6 Å². The summed E-state index contributed by atoms with van der Waals surface area (Å²) in [6, 6.07) is 8.74. The van der Waals surface area contributed by atoms with E-state index in [-0.39, 0.29) is 26.0 Å². The molecule has 1 saturated heterocycles. The number of aliphatic hydroxyl groups excluding tert-OH is 1. The van der Waals surface area contributed by atoms with Gasteiger partial charge in [-0.25, -0.2) is 4.79 Å². The maximum absolute atomic E-state index is 13.3. The quantitative estimate of drug-likeness (QED) is 0.765. The number of aliphatic hydroxyl groups is 1. The average molecular weight is 402 g/mol. The number of nitrogens with two attached hydrogens (primary N) is 1. The van der Waals surface area contributed by atoms with Gasteiger partial charge in [0.1, 0.15) is 12.1 Å². The first kappa shape index (κ1) is 22.0. The van der Waals surface area contributed by atoms with Crippen molar-refractivity contribution in [2.45, 2.75) is 51.1 Å². The van der Waals surface area contributed by atoms with Gasteiger partial charge in [-0.15, -0.1) is 0 Å². The summed E-state index contributed by atoms with van der Waals surface area (Å²) in [6.07, 6.45) is -8.49. The van der Waals surface area contributed by atoms with Crippen LogP contribution in [0.5, 0.6) is 0 Å². The number of ether oxygens (including phenoxy) is 1. The topological polar surface area (TPSA) is 92.9 Å². The normalized spacial score (nSPS) is 22.2. The van der Waals surface area contributed by atoms with Gasteiger partial charge in [-0.1, -0.05) is 44.2 Å². The largest absolute Gasteiger partial charge is 0.445 e. The molecular weight excluding hydrogens is 377 g/mol. The van der Waals surface area contributed by atoms with E-state index in [0.717, 1.165) is 4.90 Å². The molecule has 156 valence electrons. The predicted molar refractivity (Wildman–Crippen MR) is 94.9 cm³/mol. The highest BCUT2D eigenvalue weighted by Gasteiger charge is 2.61. The van der Waals surface area contributed by atoms with Crippen molar-refractivity contribution < 1.29 is 32.6 Å². The van der Waals surface area contributed by atoms with E-state index in [1.165, 1.54) is 13.8 Å². The number of hydrogen-bond donors (Lipinski definition) is 2. The number of benzene rings is 1. The van der Waals surface area contributed by atoms with Crippen molar-refractivity contribution in [1.29, 1.82) is 0 Å². The van der Waals surface area contributed by atoms with Crippen LogP contribution < -0.4 is 5.73 Å². The lowest BCUT2D eigenvalue weighted by molar-refractivity contribution is -0.235. The lowest BCUT2D eigenvalue weighted by atomic mass is 9.71. The van der Waals surface area contributed by atoms with Crippen molar-refractivity contribution in [3.05, 3.63) is 35.9 Å². The Bertz CT molecular complexity index is 696. The third kappa shape index (κ3) is 4.24. The predicted octanol–water partition coefficient (Wildman–Crippen LogP) is 2.84. The van der Waals surface area contributed by atoms with Crippen molar-refractivity contribution >= 4 is 12.0 Å². The van der Waals surface area contributed by atoms with Crippen molar-refractivity contribution in [3.8, 4) is 0 Å². The van der Waals surface area contributed by atoms with Crippen LogP contribution in [0.25, 0.3) is 0 Å². The Balaban J connectivity index is 2.34. The second kappa shape index (κ2) is 8.38. The molecule has 2 rings (SSSR count). The summed E-state index contributed by atoms with van der Waals surface area (Å²) >= 11 is 0. The Morgan fingerprint density at radius 1 is 1.29 bits per heavy atom. The molecule has 1 heterocycles. The van der Waals surface area contributed by atoms with E-state index in [0.29, 0.717) is 5.56 Å². The zero-order chi connectivity index (χ0) is 21.1. The Morgan fingerprint density at radius 3 is 2.39 bits per heavy atom. The molecule has 1 aromatic rings. The van der Waals surface area contributed by atoms with Gasteiger partial charge in [-0.05, 0) is 24.3 Å². The van der Waals surface area contributed by atoms with Crippen LogP contribution in [0, 0.1) is 11.8 Å². The van der Waals surface area contributed by atoms with Crippen LogP contribution in [0.1, 0.15) is 32.3 Å². The smallest absolute Gasteiger partial charge is 0.414 e. The van der Waals surface area contributed by atoms with Crippen molar-refractivity contribution in [2.24, 2.45) is 17.6 Å². The zero-order valence-electron chi connectivity index (χ0n) is 15.8. The van der Waals surface area contributed by atoms with E-state index in [9.17, 15) is 27.9 Å². The number of nitrogens with zero attached hydrogens (tertiary/aromatic N) is 1. The number of primary amides is 1. The van der Waals surface area contributed by atoms with Crippen molar-refractivity contribution in [3.63, 3.8) is 0 Å². The minimum absolute atomic E-state index is 0.0182. The fraction of sp³-hybridized carbons (Fsp3) is 0.579. The minimum Gasteiger partial charge on any atom is -0.445 e. The first-order chi connectivity index (χ1) is 13.0. The Labute approximate surface area is 161 Å². The number of carbonyl (C=O) groups excluding carboxylic acids is 2. The molecule has 0 saturated carbocycles. The molecular formula is C19H25F3N2O4. The molecule has 1 fully saturated rings. The van der Waals surface area contributed by atoms with Crippen molar-refractivity contribution in [1.82, 2.24) is 4.90 Å². The molecule has 2 unspecified atom stereocenters. The van der Waals surface area contributed by atoms with E-state index in [1.54, 1.807) is 30.3 Å². The third-order valence-corrected chi connectivity index (χ3v) is 5.22. The maximum Gasteiger partial charge on any atom is 0.414 e. The Morgan fingerprint density at radius 2 is 1.89 bits per heavy atom. The summed E-state index contributed by atoms with van der Waals surface area (Å²) in [5.41, 5.74) is 4.24. The lowest BCUT2D eigenvalue weighted by Crippen LogP contribution is -2.65. The van der Waals surface area contributed by atoms with Crippen molar-refractivity contribution in [2.75, 3.05) is 6.54 Å². The summed E-state index contributed by atoms with van der Waals surface area (Å²) in [6.45, 7) is 2.83. The first-order valence-corrected chi connectivity index (χ1v) is 9.04. The summed E-state index contributed by atoms with van der Waals surface area (Å²) < 4.78 is 45.2. The molecule has 0 bridgehead atoms. The summed E-state index contributed by atoms with van der Waals surface area (Å²) in [5.74, 6) is -3.47. The molecule has 0 aromatic heterocycles. The lowest BCUT2D eigenvalue weighted by Gasteiger charge is -2.45. The number of halogens is 3. The van der Waals surface area contributed by atoms with Gasteiger partial charge in [-0.2, -0.15) is 13.2 Å². The van der Waals surface area contributed by atoms with Gasteiger partial charge in [0.05, 0.1) is 0 Å². The number of likely N-dealkylation sites (tertiary alicyclic amines) is 1. The van der Waals surface area contributed by atoms with Gasteiger partial charge in [0.15, 0.2) is 6.10 Å². The summed E-state index contributed by atoms with van der Waals surface area (Å²) in [4.78, 5) is 26.0. The molecule has 28 heavy (non-hydrogen) atoms. The number of amides is 2. The van der Waals surface area contributed by atoms with Crippen LogP contribution in [0.3, 0.4) is 0 Å². The monoisotopic (exact) mass is 402 g/mol. The molecule has 0 aliphatic carbocycles. The SMILES string of the molecule is CC(C)C(C(O)C(F)(F)F)[C@@]1(C(N)=O)CCCN1C(=O)OCc1ccccc1. The van der Waals surface area contributed by atoms with Gasteiger partial charge in [-0.3, -0.25) is 9.69 Å². The third-order valence-electron chi connectivity index (χ3n) is 5.22. The fourth-order valence-corrected chi connectivity index (χ4v) is 4.04. The van der Waals surface area contributed by atoms with Crippen LogP contribution >= 0.6 is 0 Å². The zero-order valence-corrected chi connectivity index (χ0v) is 15.8. The molecule has 9 heteroatoms. The number of rotatable bonds is 6. The van der Waals surface area contributed by atoms with Crippen LogP contribution in [0.2, 0.25) is 0 Å². The van der Waals surface area contributed by atoms with E-state index in [2.05, 4.69) is 0 Å². The van der Waals surface area contributed by atoms with Crippen LogP contribution in [-0.2, 0) is 16.1 Å². The molecule has 3 atom stereocenters. The van der Waals surface area contributed by atoms with Gasteiger partial charge in [0.25, 0.3) is 0 Å². The van der Waals surface area contributed by atoms with E-state index >= 15 is 0 Å². The van der Waals surface area contributed by atoms with Crippen LogP contribution in [-0.4, -0.2) is 46.4 Å². The highest BCUT2D eigenvalue weighted by molar-refractivity contribution is 5.90. The standard InChI is InChI=1S/C19H25F3N2O4/c1-12(2)14(15(25)19(20,21)22)18(16(23)26)9-6-10-24(18)17(27)28-11-13-7-4-3-5-8-13/h3-5,7-8,12,14-15,25H,6,9-11H2,1-2H3,(H2,23,26)/t14?,15?,18-/m1/s1. The minimum atomic E-state index is -4.96. The van der Waals surface area contributed by atoms with Gasteiger partial charge in [0.2, 0.25) is 5.91 Å². The van der Waals surface area contributed by atoms with Gasteiger partial charge in [0, 0.05) is 12.5 Å². The molecule has 1 aromatic carbocycles. The summed E-state index contributed by atoms with van der Waals surface area (Å²) in [7, 11) is 0. The molecule has 6 nitrogen and oxygen atoms in total. The summed E-state index contributed by atoms with van der Waals surface area (Å²) in [5, 5.41) is 9.99. The first-order valence-electron chi connectivity index (χ1n) is 9.04. The van der Waals surface area contributed by atoms with E-state index in [1.807, 2.05) is 0 Å². The molecule has 1 aliphatic rings. The molecule has 0 spiro atoms. The highest BCUT2D eigenvalue weighted by Crippen LogP contribution is 2.45. The Hall–Kier alpha value is -2.29. The highest BCUT2D eigenvalue weighted by atomic mass is 19.4. The van der Waals surface area contributed by atoms with E-state index < -0.39 is 41.7 Å². The number of alkyl halides is 3. The second-order valence-corrected chi connectivity index (χ2v) is 7.34. The molecule has 2 amide bonds. The van der Waals surface area contributed by atoms with Crippen LogP contribution in [0.15, 0.2) is 30.3 Å². The molecule has 3 N–H and O–H groups in total. The number of carbonyl (C=O) groups is 2. The van der Waals surface area contributed by atoms with E-state index in [4.69, 9.17) is 10.5 Å². The fourth-order valence-electron chi connectivity index (χ4n) is 4.04. The van der Waals surface area contributed by atoms with Crippen LogP contribution in [0.4, 0.5) is 18.0 Å². The second-order valence-electron chi connectivity index (χ2n) is 7.34. The molecule has 0 radical (unpaired) electrons. The van der Waals surface area contributed by atoms with Gasteiger partial charge >= 0.3 is 12.3 Å². The average Bonchev–Trinajstić information content (AvgIpc) is 3.05. The maximum atomic E-state index is 13.3. The number of hydrogen-bond acceptors (Lipinski definition) is 4. The molecule has 1 aliphatic heterocycles.